The quantitative estimate of drug-likeness (QED) is 0.449. The molecule has 0 aliphatic heterocycles. The van der Waals surface area contributed by atoms with Gasteiger partial charge in [-0.05, 0) is 45.5 Å². The Kier molecular flexibility index (Phi) is 2.59. The molecule has 0 heteroatoms. The van der Waals surface area contributed by atoms with Crippen LogP contribution in [-0.2, 0) is 5.41 Å². The van der Waals surface area contributed by atoms with Crippen LogP contribution in [0.5, 0.6) is 0 Å². The van der Waals surface area contributed by atoms with Gasteiger partial charge in [0.25, 0.3) is 0 Å². The second kappa shape index (κ2) is 4.85. The van der Waals surface area contributed by atoms with Crippen LogP contribution in [0.3, 0.4) is 0 Å². The summed E-state index contributed by atoms with van der Waals surface area (Å²) in [6.45, 7) is 0. The predicted molar refractivity (Wildman–Crippen MR) is 106 cm³/mol. The van der Waals surface area contributed by atoms with Gasteiger partial charge in [-0.2, -0.15) is 0 Å². The molecule has 0 radical (unpaired) electrons. The summed E-state index contributed by atoms with van der Waals surface area (Å²) >= 11 is 0. The van der Waals surface area contributed by atoms with Crippen molar-refractivity contribution in [1.29, 1.82) is 0 Å². The summed E-state index contributed by atoms with van der Waals surface area (Å²) in [5.74, 6) is 0. The highest BCUT2D eigenvalue weighted by Gasteiger charge is 2.45. The van der Waals surface area contributed by atoms with E-state index in [-0.39, 0.29) is 5.41 Å². The lowest BCUT2D eigenvalue weighted by Crippen LogP contribution is -2.30. The van der Waals surface area contributed by atoms with Gasteiger partial charge in [0.05, 0.1) is 5.41 Å². The van der Waals surface area contributed by atoms with Crippen LogP contribution in [-0.4, -0.2) is 0 Å². The summed E-state index contributed by atoms with van der Waals surface area (Å²) in [7, 11) is 0. The maximum atomic E-state index is 3.37. The van der Waals surface area contributed by atoms with Crippen molar-refractivity contribution in [2.45, 2.75) is 5.41 Å². The van der Waals surface area contributed by atoms with Crippen molar-refractivity contribution in [3.63, 3.8) is 0 Å². The van der Waals surface area contributed by atoms with Gasteiger partial charge < -0.3 is 0 Å². The summed E-state index contributed by atoms with van der Waals surface area (Å²) < 4.78 is 0. The minimum absolute atomic E-state index is 0.270. The first-order valence-corrected chi connectivity index (χ1v) is 9.05. The molecule has 4 aromatic rings. The molecule has 0 saturated carbocycles. The zero-order valence-corrected chi connectivity index (χ0v) is 14.2. The number of benzene rings is 4. The standard InChI is InChI=1S/C26H16/c1-2-8-20(9-3-1)26(21-15-14-18-16-19(18)17-21)24-12-6-4-10-22(24)23-11-5-7-13-25(23)26/h1-15,17H. The Morgan fingerprint density at radius 1 is 0.500 bits per heavy atom. The molecular formula is C26H16. The molecule has 0 heterocycles. The molecule has 0 amide bonds. The van der Waals surface area contributed by atoms with E-state index in [1.54, 1.807) is 0 Å². The Balaban J connectivity index is 1.82. The molecule has 2 aliphatic rings. The predicted octanol–water partition coefficient (Wildman–Crippen LogP) is 4.11. The maximum Gasteiger partial charge on any atom is 0.0714 e. The fraction of sp³-hybridized carbons (Fsp3) is 0.0385. The molecule has 0 fully saturated rings. The molecule has 0 spiro atoms. The normalized spacial score (nSPS) is 14.5. The molecule has 0 saturated heterocycles. The summed E-state index contributed by atoms with van der Waals surface area (Å²) in [6, 6.07) is 35.4. The number of hydrogen-bond acceptors (Lipinski definition) is 0. The highest BCUT2D eigenvalue weighted by Crippen LogP contribution is 2.55. The topological polar surface area (TPSA) is 0 Å². The van der Waals surface area contributed by atoms with E-state index < -0.39 is 0 Å². The molecular weight excluding hydrogens is 312 g/mol. The van der Waals surface area contributed by atoms with Gasteiger partial charge >= 0.3 is 0 Å². The van der Waals surface area contributed by atoms with Crippen molar-refractivity contribution in [1.82, 2.24) is 0 Å². The van der Waals surface area contributed by atoms with Crippen LogP contribution in [0.15, 0.2) is 97.1 Å². The second-order valence-corrected chi connectivity index (χ2v) is 7.09. The number of rotatable bonds is 2. The summed E-state index contributed by atoms with van der Waals surface area (Å²) in [4.78, 5) is 0. The van der Waals surface area contributed by atoms with Gasteiger partial charge in [-0.15, -0.1) is 5.73 Å². The molecule has 26 heavy (non-hydrogen) atoms. The van der Waals surface area contributed by atoms with Crippen molar-refractivity contribution in [3.8, 4) is 11.1 Å². The summed E-state index contributed by atoms with van der Waals surface area (Å²) in [5, 5.41) is 2.50. The fourth-order valence-electron chi connectivity index (χ4n) is 4.68. The average Bonchev–Trinajstić information content (AvgIpc) is 3.43. The van der Waals surface area contributed by atoms with Gasteiger partial charge in [0.15, 0.2) is 0 Å². The van der Waals surface area contributed by atoms with Crippen LogP contribution in [0.1, 0.15) is 22.3 Å². The highest BCUT2D eigenvalue weighted by atomic mass is 14.5. The van der Waals surface area contributed by atoms with Crippen LogP contribution in [0, 0.1) is 0 Å². The third-order valence-electron chi connectivity index (χ3n) is 5.82. The highest BCUT2D eigenvalue weighted by molar-refractivity contribution is 5.86. The van der Waals surface area contributed by atoms with E-state index in [0.717, 1.165) is 0 Å². The van der Waals surface area contributed by atoms with Crippen LogP contribution in [0.25, 0.3) is 16.9 Å². The lowest BCUT2D eigenvalue weighted by molar-refractivity contribution is 0.767. The largest absolute Gasteiger partial charge is 0.102 e. The zero-order chi connectivity index (χ0) is 17.1. The van der Waals surface area contributed by atoms with E-state index in [0.29, 0.717) is 0 Å². The lowest BCUT2D eigenvalue weighted by atomic mass is 9.68. The molecule has 0 nitrogen and oxygen atoms in total. The third-order valence-corrected chi connectivity index (χ3v) is 5.82. The average molecular weight is 328 g/mol. The molecule has 0 bridgehead atoms. The molecule has 0 unspecified atom stereocenters. The Morgan fingerprint density at radius 2 is 1.12 bits per heavy atom. The van der Waals surface area contributed by atoms with E-state index in [9.17, 15) is 0 Å². The Labute approximate surface area is 152 Å². The Bertz CT molecular complexity index is 1260. The smallest absolute Gasteiger partial charge is 0.0714 e. The van der Waals surface area contributed by atoms with Gasteiger partial charge in [0.1, 0.15) is 0 Å². The monoisotopic (exact) mass is 328 g/mol. The van der Waals surface area contributed by atoms with Gasteiger partial charge in [-0.25, -0.2) is 0 Å². The van der Waals surface area contributed by atoms with E-state index >= 15 is 0 Å². The van der Waals surface area contributed by atoms with Gasteiger partial charge in [0.2, 0.25) is 0 Å². The first kappa shape index (κ1) is 13.9. The molecule has 120 valence electrons. The van der Waals surface area contributed by atoms with E-state index in [2.05, 4.69) is 103 Å². The van der Waals surface area contributed by atoms with E-state index in [4.69, 9.17) is 0 Å². The zero-order valence-electron chi connectivity index (χ0n) is 14.2. The van der Waals surface area contributed by atoms with E-state index in [1.807, 2.05) is 0 Å². The SMILES string of the molecule is C1=c2ccc(C3(c4ccccc4)c4ccccc4-c4ccccc43)cc2=1. The van der Waals surface area contributed by atoms with Crippen molar-refractivity contribution < 1.29 is 0 Å². The number of hydrogen-bond donors (Lipinski definition) is 0. The summed E-state index contributed by atoms with van der Waals surface area (Å²) in [6.07, 6.45) is 0. The minimum Gasteiger partial charge on any atom is -0.102 e. The molecule has 6 rings (SSSR count). The number of fused-ring (bicyclic) bond motifs is 4. The van der Waals surface area contributed by atoms with Crippen molar-refractivity contribution in [3.05, 3.63) is 130 Å². The van der Waals surface area contributed by atoms with E-state index in [1.165, 1.54) is 43.8 Å². The van der Waals surface area contributed by atoms with Crippen molar-refractivity contribution in [2.24, 2.45) is 0 Å². The first-order valence-electron chi connectivity index (χ1n) is 9.05. The molecule has 0 atom stereocenters. The second-order valence-electron chi connectivity index (χ2n) is 7.09. The van der Waals surface area contributed by atoms with Crippen LogP contribution >= 0.6 is 0 Å². The Morgan fingerprint density at radius 3 is 1.77 bits per heavy atom. The summed E-state index contributed by atoms with van der Waals surface area (Å²) in [5.41, 5.74) is 11.2. The van der Waals surface area contributed by atoms with Crippen LogP contribution in [0.4, 0.5) is 0 Å². The Hall–Kier alpha value is -3.34. The lowest BCUT2D eigenvalue weighted by Gasteiger charge is -2.33. The minimum atomic E-state index is -0.270. The molecule has 2 aliphatic carbocycles. The van der Waals surface area contributed by atoms with Crippen molar-refractivity contribution >= 4 is 5.73 Å². The van der Waals surface area contributed by atoms with Gasteiger partial charge in [-0.1, -0.05) is 84.9 Å². The van der Waals surface area contributed by atoms with Crippen LogP contribution < -0.4 is 10.4 Å². The maximum absolute atomic E-state index is 3.37. The molecule has 4 aromatic carbocycles. The van der Waals surface area contributed by atoms with Crippen molar-refractivity contribution in [2.75, 3.05) is 0 Å². The molecule has 0 aromatic heterocycles. The fourth-order valence-corrected chi connectivity index (χ4v) is 4.68. The third kappa shape index (κ3) is 1.65. The van der Waals surface area contributed by atoms with Gasteiger partial charge in [0, 0.05) is 10.4 Å². The molecule has 0 N–H and O–H groups in total. The first-order chi connectivity index (χ1) is 12.9. The van der Waals surface area contributed by atoms with Gasteiger partial charge in [-0.3, -0.25) is 0 Å². The van der Waals surface area contributed by atoms with Crippen LogP contribution in [0.2, 0.25) is 0 Å².